The van der Waals surface area contributed by atoms with Crippen LogP contribution in [0.25, 0.3) is 10.2 Å². The number of aryl methyl sites for hydroxylation is 1. The summed E-state index contributed by atoms with van der Waals surface area (Å²) < 4.78 is 18.5. The predicted octanol–water partition coefficient (Wildman–Crippen LogP) is 4.48. The van der Waals surface area contributed by atoms with E-state index < -0.39 is 52.7 Å². The number of nitrogens with zero attached hydrogens (tertiary/aromatic N) is 1. The van der Waals surface area contributed by atoms with Gasteiger partial charge in [-0.1, -0.05) is 44.5 Å². The van der Waals surface area contributed by atoms with Crippen molar-refractivity contribution >= 4 is 44.9 Å². The third-order valence-corrected chi connectivity index (χ3v) is 9.01. The Labute approximate surface area is 231 Å². The molecule has 8 nitrogen and oxygen atoms in total. The molecule has 0 amide bonds. The molecule has 0 saturated carbocycles. The third kappa shape index (κ3) is 6.13. The van der Waals surface area contributed by atoms with Crippen molar-refractivity contribution in [1.29, 1.82) is 0 Å². The van der Waals surface area contributed by atoms with Gasteiger partial charge in [0.25, 0.3) is 0 Å². The third-order valence-electron chi connectivity index (χ3n) is 7.61. The molecule has 2 aromatic rings. The standard InChI is InChI=1S/C28H36ClNO7S/c1-6-7-18-25(33)15(2)13-35-14-28(29)23(37-28)11-20(17-8-9-21-19(10-17)30-16(3)38-21)36-24(32)12-22(31)27(4,5)26(18)34/h6,8-10,15,18,20,22-23,25,31,33H,1,7,11-14H2,2-5H3/t15-,18+,20-,22-,23-,25-,28+/m0/s1. The quantitative estimate of drug-likeness (QED) is 0.242. The number of alkyl halides is 1. The zero-order valence-corrected chi connectivity index (χ0v) is 23.8. The largest absolute Gasteiger partial charge is 0.457 e. The summed E-state index contributed by atoms with van der Waals surface area (Å²) >= 11 is 8.22. The molecule has 0 spiro atoms. The zero-order valence-electron chi connectivity index (χ0n) is 22.2. The number of ether oxygens (including phenoxy) is 3. The van der Waals surface area contributed by atoms with Crippen LogP contribution in [0.1, 0.15) is 56.7 Å². The van der Waals surface area contributed by atoms with E-state index in [-0.39, 0.29) is 38.3 Å². The number of rotatable bonds is 3. The van der Waals surface area contributed by atoms with Gasteiger partial charge >= 0.3 is 5.97 Å². The molecule has 0 unspecified atom stereocenters. The number of aromatic nitrogens is 1. The van der Waals surface area contributed by atoms with E-state index >= 15 is 0 Å². The highest BCUT2D eigenvalue weighted by Gasteiger charge is 2.57. The van der Waals surface area contributed by atoms with Gasteiger partial charge in [0, 0.05) is 18.3 Å². The second kappa shape index (κ2) is 11.3. The molecule has 2 N–H and O–H groups in total. The number of ketones is 1. The summed E-state index contributed by atoms with van der Waals surface area (Å²) in [5, 5.41) is 21.9. The van der Waals surface area contributed by atoms with E-state index in [9.17, 15) is 19.8 Å². The summed E-state index contributed by atoms with van der Waals surface area (Å²) in [7, 11) is 0. The van der Waals surface area contributed by atoms with Gasteiger partial charge in [0.1, 0.15) is 18.0 Å². The first-order valence-electron chi connectivity index (χ1n) is 12.9. The summed E-state index contributed by atoms with van der Waals surface area (Å²) in [6.07, 6.45) is -1.82. The summed E-state index contributed by atoms with van der Waals surface area (Å²) in [6, 6.07) is 5.71. The summed E-state index contributed by atoms with van der Waals surface area (Å²) in [5.74, 6) is -2.23. The first-order chi connectivity index (χ1) is 17.9. The number of carbonyl (C=O) groups excluding carboxylic acids is 2. The van der Waals surface area contributed by atoms with Crippen molar-refractivity contribution in [2.24, 2.45) is 17.3 Å². The van der Waals surface area contributed by atoms with Crippen LogP contribution in [0.15, 0.2) is 30.9 Å². The maximum Gasteiger partial charge on any atom is 0.309 e. The molecule has 7 atom stereocenters. The Kier molecular flexibility index (Phi) is 8.67. The maximum atomic E-state index is 13.5. The number of esters is 1. The Morgan fingerprint density at radius 1 is 1.29 bits per heavy atom. The number of Topliss-reactive ketones (excluding diaryl/α,β-unsaturated/α-hetero) is 1. The summed E-state index contributed by atoms with van der Waals surface area (Å²) in [6.45, 7) is 10.8. The van der Waals surface area contributed by atoms with Crippen LogP contribution in [0.3, 0.4) is 0 Å². The number of halogens is 1. The van der Waals surface area contributed by atoms with Crippen LogP contribution in [0.2, 0.25) is 0 Å². The summed E-state index contributed by atoms with van der Waals surface area (Å²) in [4.78, 5) is 31.2. The summed E-state index contributed by atoms with van der Waals surface area (Å²) in [5.41, 5.74) is 0.223. The lowest BCUT2D eigenvalue weighted by molar-refractivity contribution is -0.156. The molecule has 208 valence electrons. The number of epoxide rings is 1. The average molecular weight is 566 g/mol. The second-order valence-corrected chi connectivity index (χ2v) is 12.9. The molecular weight excluding hydrogens is 530 g/mol. The van der Waals surface area contributed by atoms with Gasteiger partial charge in [-0.2, -0.15) is 0 Å². The minimum absolute atomic E-state index is 0.0749. The van der Waals surface area contributed by atoms with Crippen molar-refractivity contribution < 1.29 is 34.0 Å². The topological polar surface area (TPSA) is 118 Å². The van der Waals surface area contributed by atoms with Gasteiger partial charge in [-0.3, -0.25) is 9.59 Å². The van der Waals surface area contributed by atoms with Crippen LogP contribution < -0.4 is 0 Å². The number of aliphatic hydroxyl groups excluding tert-OH is 2. The molecule has 1 aromatic heterocycles. The van der Waals surface area contributed by atoms with E-state index in [4.69, 9.17) is 25.8 Å². The van der Waals surface area contributed by atoms with Crippen molar-refractivity contribution in [1.82, 2.24) is 4.98 Å². The fourth-order valence-corrected chi connectivity index (χ4v) is 6.06. The molecular formula is C28H36ClNO7S. The molecule has 0 aliphatic carbocycles. The number of hydrogen-bond acceptors (Lipinski definition) is 9. The highest BCUT2D eigenvalue weighted by atomic mass is 35.5. The van der Waals surface area contributed by atoms with Crippen LogP contribution in [0.4, 0.5) is 0 Å². The fourth-order valence-electron chi connectivity index (χ4n) is 4.98. The fraction of sp³-hybridized carbons (Fsp3) is 0.607. The maximum absolute atomic E-state index is 13.5. The van der Waals surface area contributed by atoms with Gasteiger partial charge < -0.3 is 24.4 Å². The average Bonchev–Trinajstić information content (AvgIpc) is 3.32. The lowest BCUT2D eigenvalue weighted by Crippen LogP contribution is -2.47. The Morgan fingerprint density at radius 3 is 2.74 bits per heavy atom. The van der Waals surface area contributed by atoms with Crippen molar-refractivity contribution in [2.75, 3.05) is 13.2 Å². The van der Waals surface area contributed by atoms with Crippen molar-refractivity contribution in [3.63, 3.8) is 0 Å². The monoisotopic (exact) mass is 565 g/mol. The molecule has 0 radical (unpaired) electrons. The number of allylic oxidation sites excluding steroid dienone is 1. The van der Waals surface area contributed by atoms with Gasteiger partial charge in [0.15, 0.2) is 5.06 Å². The van der Waals surface area contributed by atoms with Gasteiger partial charge in [0.05, 0.1) is 52.5 Å². The number of thiazole rings is 1. The lowest BCUT2D eigenvalue weighted by atomic mass is 9.72. The molecule has 38 heavy (non-hydrogen) atoms. The zero-order chi connectivity index (χ0) is 27.8. The van der Waals surface area contributed by atoms with Crippen molar-refractivity contribution in [2.45, 2.75) is 76.4 Å². The second-order valence-electron chi connectivity index (χ2n) is 11.0. The number of benzene rings is 1. The van der Waals surface area contributed by atoms with Gasteiger partial charge in [-0.15, -0.1) is 17.9 Å². The molecule has 2 aliphatic heterocycles. The molecule has 1 aromatic carbocycles. The van der Waals surface area contributed by atoms with Crippen LogP contribution in [0, 0.1) is 24.2 Å². The van der Waals surface area contributed by atoms with Crippen LogP contribution >= 0.6 is 22.9 Å². The number of cyclic esters (lactones) is 1. The minimum Gasteiger partial charge on any atom is -0.457 e. The Balaban J connectivity index is 1.63. The van der Waals surface area contributed by atoms with Crippen LogP contribution in [-0.4, -0.2) is 63.5 Å². The highest BCUT2D eigenvalue weighted by Crippen LogP contribution is 2.47. The number of carbonyl (C=O) groups is 2. The Hall–Kier alpha value is -1.88. The minimum atomic E-state index is -1.32. The first-order valence-corrected chi connectivity index (χ1v) is 14.1. The van der Waals surface area contributed by atoms with Gasteiger partial charge in [-0.05, 0) is 31.0 Å². The SMILES string of the molecule is C=CC[C@H]1C(=O)C(C)(C)[C@@H](O)CC(=O)O[C@H](c2ccc3sc(C)nc3c2)C[C@@H]2O[C@]2(Cl)COC[C@H](C)[C@@H]1O. The van der Waals surface area contributed by atoms with Crippen LogP contribution in [0.5, 0.6) is 0 Å². The predicted molar refractivity (Wildman–Crippen MR) is 145 cm³/mol. The van der Waals surface area contributed by atoms with E-state index in [0.717, 1.165) is 20.8 Å². The van der Waals surface area contributed by atoms with E-state index in [1.807, 2.05) is 25.1 Å². The molecule has 4 rings (SSSR count). The van der Waals surface area contributed by atoms with Gasteiger partial charge in [-0.25, -0.2) is 4.98 Å². The molecule has 2 fully saturated rings. The van der Waals surface area contributed by atoms with E-state index in [1.165, 1.54) is 0 Å². The number of fused-ring (bicyclic) bond motifs is 2. The van der Waals surface area contributed by atoms with Gasteiger partial charge in [0.2, 0.25) is 0 Å². The highest BCUT2D eigenvalue weighted by molar-refractivity contribution is 7.18. The number of aliphatic hydroxyl groups is 2. The smallest absolute Gasteiger partial charge is 0.309 e. The normalized spacial score (nSPS) is 34.9. The van der Waals surface area contributed by atoms with E-state index in [0.29, 0.717) is 0 Å². The molecule has 0 bridgehead atoms. The van der Waals surface area contributed by atoms with Crippen molar-refractivity contribution in [3.8, 4) is 0 Å². The lowest BCUT2D eigenvalue weighted by Gasteiger charge is -2.35. The molecule has 2 aliphatic rings. The Bertz CT molecular complexity index is 1200. The number of hydrogen-bond donors (Lipinski definition) is 2. The van der Waals surface area contributed by atoms with Crippen LogP contribution in [-0.2, 0) is 23.8 Å². The Morgan fingerprint density at radius 2 is 2.03 bits per heavy atom. The molecule has 3 heterocycles. The van der Waals surface area contributed by atoms with Crippen molar-refractivity contribution in [3.05, 3.63) is 41.4 Å². The molecule has 10 heteroatoms. The first kappa shape index (κ1) is 29.1. The van der Waals surface area contributed by atoms with E-state index in [1.54, 1.807) is 38.2 Å². The molecule has 2 saturated heterocycles. The van der Waals surface area contributed by atoms with E-state index in [2.05, 4.69) is 11.6 Å².